The first kappa shape index (κ1) is 16.9. The van der Waals surface area contributed by atoms with E-state index >= 15 is 0 Å². The molecule has 1 fully saturated rings. The second kappa shape index (κ2) is 5.73. The van der Waals surface area contributed by atoms with Crippen molar-refractivity contribution in [3.63, 3.8) is 0 Å². The lowest BCUT2D eigenvalue weighted by Crippen LogP contribution is -2.18. The number of aliphatic hydroxyl groups is 1. The number of nitriles is 1. The summed E-state index contributed by atoms with van der Waals surface area (Å²) in [5, 5.41) is 18.5. The summed E-state index contributed by atoms with van der Waals surface area (Å²) in [6.07, 6.45) is 0. The molecule has 7 heteroatoms. The number of fused-ring (bicyclic) bond motifs is 1. The van der Waals surface area contributed by atoms with Gasteiger partial charge < -0.3 is 14.6 Å². The number of sulfone groups is 1. The van der Waals surface area contributed by atoms with Crippen LogP contribution in [0.2, 0.25) is 0 Å². The van der Waals surface area contributed by atoms with Gasteiger partial charge >= 0.3 is 0 Å². The van der Waals surface area contributed by atoms with Gasteiger partial charge in [0.1, 0.15) is 5.41 Å². The molecule has 1 aliphatic carbocycles. The molecule has 0 saturated heterocycles. The molecule has 1 saturated carbocycles. The van der Waals surface area contributed by atoms with Gasteiger partial charge in [0.05, 0.1) is 22.8 Å². The molecule has 2 aromatic rings. The van der Waals surface area contributed by atoms with Crippen molar-refractivity contribution >= 4 is 9.84 Å². The topological polar surface area (TPSA) is 96.6 Å². The molecule has 1 heterocycles. The molecule has 0 spiro atoms. The largest absolute Gasteiger partial charge is 0.454 e. The van der Waals surface area contributed by atoms with Gasteiger partial charge in [-0.3, -0.25) is 0 Å². The van der Waals surface area contributed by atoms with Crippen molar-refractivity contribution in [2.24, 2.45) is 5.41 Å². The minimum atomic E-state index is -3.78. The number of nitrogens with zero attached hydrogens (tertiary/aromatic N) is 1. The van der Waals surface area contributed by atoms with Gasteiger partial charge in [0.25, 0.3) is 0 Å². The third kappa shape index (κ3) is 2.30. The molecule has 2 aliphatic rings. The molecule has 0 unspecified atom stereocenters. The lowest BCUT2D eigenvalue weighted by atomic mass is 10.0. The number of hydrogen-bond acceptors (Lipinski definition) is 6. The summed E-state index contributed by atoms with van der Waals surface area (Å²) in [7, 11) is -3.78. The first-order valence-corrected chi connectivity index (χ1v) is 9.71. The summed E-state index contributed by atoms with van der Waals surface area (Å²) < 4.78 is 36.9. The van der Waals surface area contributed by atoms with Crippen molar-refractivity contribution in [3.8, 4) is 17.6 Å². The maximum Gasteiger partial charge on any atom is 0.231 e. The number of aryl methyl sites for hydroxylation is 1. The van der Waals surface area contributed by atoms with Crippen molar-refractivity contribution in [3.05, 3.63) is 53.6 Å². The van der Waals surface area contributed by atoms with Crippen LogP contribution in [-0.2, 0) is 9.84 Å². The molecule has 0 aromatic heterocycles. The van der Waals surface area contributed by atoms with Crippen molar-refractivity contribution in [2.75, 3.05) is 13.4 Å². The smallest absolute Gasteiger partial charge is 0.231 e. The van der Waals surface area contributed by atoms with Crippen LogP contribution in [0, 0.1) is 23.7 Å². The highest BCUT2D eigenvalue weighted by molar-refractivity contribution is 7.92. The predicted molar refractivity (Wildman–Crippen MR) is 92.6 cm³/mol. The van der Waals surface area contributed by atoms with Crippen LogP contribution in [0.15, 0.2) is 47.4 Å². The highest BCUT2D eigenvalue weighted by Crippen LogP contribution is 2.64. The average molecular weight is 371 g/mol. The van der Waals surface area contributed by atoms with Crippen LogP contribution in [-0.4, -0.2) is 32.2 Å². The fourth-order valence-electron chi connectivity index (χ4n) is 3.67. The van der Waals surface area contributed by atoms with E-state index in [-0.39, 0.29) is 11.7 Å². The number of aliphatic hydroxyl groups excluding tert-OH is 1. The Balaban J connectivity index is 1.77. The van der Waals surface area contributed by atoms with E-state index in [9.17, 15) is 18.8 Å². The van der Waals surface area contributed by atoms with Crippen LogP contribution < -0.4 is 9.47 Å². The predicted octanol–water partition coefficient (Wildman–Crippen LogP) is 2.17. The third-order valence-corrected chi connectivity index (χ3v) is 7.46. The SMILES string of the molecule is Cc1ccc(S(=O)(=O)[C@@H]2[C@H](c3ccc4c(c3)OCO4)[C@@]2(C#N)CO)cc1. The molecule has 0 amide bonds. The molecule has 4 rings (SSSR count). The van der Waals surface area contributed by atoms with Crippen molar-refractivity contribution < 1.29 is 23.0 Å². The van der Waals surface area contributed by atoms with Crippen LogP contribution in [0.1, 0.15) is 17.0 Å². The van der Waals surface area contributed by atoms with Gasteiger partial charge in [-0.1, -0.05) is 23.8 Å². The Morgan fingerprint density at radius 2 is 1.88 bits per heavy atom. The maximum atomic E-state index is 13.1. The summed E-state index contributed by atoms with van der Waals surface area (Å²) in [5.74, 6) is 0.475. The van der Waals surface area contributed by atoms with Gasteiger partial charge in [-0.05, 0) is 36.8 Å². The summed E-state index contributed by atoms with van der Waals surface area (Å²) >= 11 is 0. The van der Waals surface area contributed by atoms with Gasteiger partial charge in [0.2, 0.25) is 6.79 Å². The van der Waals surface area contributed by atoms with Crippen LogP contribution >= 0.6 is 0 Å². The first-order chi connectivity index (χ1) is 12.4. The Hall–Kier alpha value is -2.56. The second-order valence-electron chi connectivity index (χ2n) is 6.68. The second-order valence-corrected chi connectivity index (χ2v) is 8.75. The monoisotopic (exact) mass is 371 g/mol. The van der Waals surface area contributed by atoms with Crippen molar-refractivity contribution in [1.82, 2.24) is 0 Å². The Kier molecular flexibility index (Phi) is 3.72. The quantitative estimate of drug-likeness (QED) is 0.885. The molecular weight excluding hydrogens is 354 g/mol. The molecule has 26 heavy (non-hydrogen) atoms. The van der Waals surface area contributed by atoms with E-state index in [1.54, 1.807) is 42.5 Å². The number of ether oxygens (including phenoxy) is 2. The van der Waals surface area contributed by atoms with Crippen molar-refractivity contribution in [1.29, 1.82) is 5.26 Å². The summed E-state index contributed by atoms with van der Waals surface area (Å²) in [5.41, 5.74) is 0.226. The highest BCUT2D eigenvalue weighted by Gasteiger charge is 2.72. The van der Waals surface area contributed by atoms with Gasteiger partial charge in [-0.15, -0.1) is 0 Å². The standard InChI is InChI=1S/C19H17NO5S/c1-12-2-5-14(6-3-12)26(22,23)18-17(19(18,9-20)10-21)13-4-7-15-16(8-13)25-11-24-15/h2-8,17-18,21H,10-11H2,1H3/t17-,18+,19+/m0/s1. The molecule has 0 bridgehead atoms. The molecule has 0 radical (unpaired) electrons. The van der Waals surface area contributed by atoms with Crippen LogP contribution in [0.5, 0.6) is 11.5 Å². The number of benzene rings is 2. The maximum absolute atomic E-state index is 13.1. The Bertz CT molecular complexity index is 1010. The zero-order valence-corrected chi connectivity index (χ0v) is 14.9. The van der Waals surface area contributed by atoms with Crippen LogP contribution in [0.4, 0.5) is 0 Å². The normalized spacial score (nSPS) is 26.3. The fraction of sp³-hybridized carbons (Fsp3) is 0.316. The third-order valence-electron chi connectivity index (χ3n) is 5.17. The van der Waals surface area contributed by atoms with Crippen molar-refractivity contribution in [2.45, 2.75) is 23.0 Å². The summed E-state index contributed by atoms with van der Waals surface area (Å²) in [6, 6.07) is 13.7. The minimum Gasteiger partial charge on any atom is -0.454 e. The minimum absolute atomic E-state index is 0.109. The molecule has 3 atom stereocenters. The van der Waals surface area contributed by atoms with E-state index in [4.69, 9.17) is 9.47 Å². The zero-order valence-electron chi connectivity index (χ0n) is 14.0. The van der Waals surface area contributed by atoms with Gasteiger partial charge in [0, 0.05) is 5.92 Å². The highest BCUT2D eigenvalue weighted by atomic mass is 32.2. The lowest BCUT2D eigenvalue weighted by Gasteiger charge is -2.06. The first-order valence-electron chi connectivity index (χ1n) is 8.16. The zero-order chi connectivity index (χ0) is 18.5. The molecule has 134 valence electrons. The van der Waals surface area contributed by atoms with Crippen LogP contribution in [0.25, 0.3) is 0 Å². The average Bonchev–Trinajstić information content (AvgIpc) is 3.12. The molecule has 1 aliphatic heterocycles. The van der Waals surface area contributed by atoms with Gasteiger partial charge in [-0.25, -0.2) is 8.42 Å². The number of hydrogen-bond donors (Lipinski definition) is 1. The Morgan fingerprint density at radius 3 is 2.54 bits per heavy atom. The van der Waals surface area contributed by atoms with Gasteiger partial charge in [0.15, 0.2) is 21.3 Å². The summed E-state index contributed by atoms with van der Waals surface area (Å²) in [4.78, 5) is 0.157. The molecule has 2 aromatic carbocycles. The van der Waals surface area contributed by atoms with E-state index in [0.717, 1.165) is 5.56 Å². The number of rotatable bonds is 4. The van der Waals surface area contributed by atoms with E-state index in [0.29, 0.717) is 17.1 Å². The Morgan fingerprint density at radius 1 is 1.19 bits per heavy atom. The van der Waals surface area contributed by atoms with Crippen LogP contribution in [0.3, 0.4) is 0 Å². The molecular formula is C19H17NO5S. The fourth-order valence-corrected chi connectivity index (χ4v) is 5.99. The summed E-state index contributed by atoms with van der Waals surface area (Å²) in [6.45, 7) is 1.45. The molecule has 1 N–H and O–H groups in total. The van der Waals surface area contributed by atoms with E-state index in [2.05, 4.69) is 6.07 Å². The van der Waals surface area contributed by atoms with Gasteiger partial charge in [-0.2, -0.15) is 5.26 Å². The molecule has 6 nitrogen and oxygen atoms in total. The van der Waals surface area contributed by atoms with E-state index in [1.807, 2.05) is 6.92 Å². The lowest BCUT2D eigenvalue weighted by molar-refractivity contribution is 0.174. The van der Waals surface area contributed by atoms with E-state index in [1.165, 1.54) is 0 Å². The Labute approximate surface area is 151 Å². The van der Waals surface area contributed by atoms with E-state index < -0.39 is 33.0 Å².